The van der Waals surface area contributed by atoms with Crippen LogP contribution < -0.4 is 5.32 Å². The van der Waals surface area contributed by atoms with Crippen LogP contribution in [0.5, 0.6) is 0 Å². The highest BCUT2D eigenvalue weighted by molar-refractivity contribution is 6.44. The molecule has 0 bridgehead atoms. The third-order valence-electron chi connectivity index (χ3n) is 3.54. The molecule has 20 heavy (non-hydrogen) atoms. The highest BCUT2D eigenvalue weighted by Crippen LogP contribution is 2.33. The van der Waals surface area contributed by atoms with Gasteiger partial charge in [-0.2, -0.15) is 0 Å². The Hall–Kier alpha value is -0.640. The molecule has 1 fully saturated rings. The fourth-order valence-electron chi connectivity index (χ4n) is 2.35. The SMILES string of the molecule is C[C@@H]1CCCC[C@H]1OC(=O)Nc1cc(Cl)c(Cl)cc1Cl. The van der Waals surface area contributed by atoms with E-state index in [-0.39, 0.29) is 6.10 Å². The molecule has 1 saturated carbocycles. The van der Waals surface area contributed by atoms with E-state index < -0.39 is 6.09 Å². The van der Waals surface area contributed by atoms with E-state index in [0.717, 1.165) is 19.3 Å². The maximum Gasteiger partial charge on any atom is 0.411 e. The highest BCUT2D eigenvalue weighted by Gasteiger charge is 2.25. The Kier molecular flexibility index (Phi) is 5.42. The fraction of sp³-hybridized carbons (Fsp3) is 0.500. The second kappa shape index (κ2) is 6.88. The molecule has 1 N–H and O–H groups in total. The molecule has 0 saturated heterocycles. The normalized spacial score (nSPS) is 22.4. The van der Waals surface area contributed by atoms with Gasteiger partial charge in [-0.15, -0.1) is 0 Å². The Morgan fingerprint density at radius 1 is 1.15 bits per heavy atom. The quantitative estimate of drug-likeness (QED) is 0.696. The third-order valence-corrected chi connectivity index (χ3v) is 4.57. The number of amides is 1. The van der Waals surface area contributed by atoms with Crippen molar-refractivity contribution in [2.75, 3.05) is 5.32 Å². The Labute approximate surface area is 133 Å². The van der Waals surface area contributed by atoms with Crippen molar-refractivity contribution in [1.29, 1.82) is 0 Å². The maximum atomic E-state index is 11.9. The lowest BCUT2D eigenvalue weighted by atomic mass is 9.88. The minimum Gasteiger partial charge on any atom is -0.446 e. The predicted molar refractivity (Wildman–Crippen MR) is 83.0 cm³/mol. The summed E-state index contributed by atoms with van der Waals surface area (Å²) in [5.41, 5.74) is 0.398. The minimum absolute atomic E-state index is 0.0368. The largest absolute Gasteiger partial charge is 0.446 e. The highest BCUT2D eigenvalue weighted by atomic mass is 35.5. The van der Waals surface area contributed by atoms with Crippen molar-refractivity contribution in [2.45, 2.75) is 38.7 Å². The molecule has 1 aromatic carbocycles. The number of hydrogen-bond donors (Lipinski definition) is 1. The van der Waals surface area contributed by atoms with Gasteiger partial charge in [-0.25, -0.2) is 4.79 Å². The van der Waals surface area contributed by atoms with Gasteiger partial charge in [0.15, 0.2) is 0 Å². The summed E-state index contributed by atoms with van der Waals surface area (Å²) in [6.07, 6.45) is 3.74. The van der Waals surface area contributed by atoms with Crippen LogP contribution in [0, 0.1) is 5.92 Å². The Bertz CT molecular complexity index is 507. The molecule has 3 nitrogen and oxygen atoms in total. The predicted octanol–water partition coefficient (Wildman–Crippen LogP) is 5.77. The van der Waals surface area contributed by atoms with Crippen LogP contribution in [-0.2, 0) is 4.74 Å². The number of anilines is 1. The van der Waals surface area contributed by atoms with Crippen molar-refractivity contribution in [3.63, 3.8) is 0 Å². The van der Waals surface area contributed by atoms with Gasteiger partial charge >= 0.3 is 6.09 Å². The van der Waals surface area contributed by atoms with Gasteiger partial charge in [0.05, 0.1) is 20.8 Å². The van der Waals surface area contributed by atoms with E-state index >= 15 is 0 Å². The lowest BCUT2D eigenvalue weighted by molar-refractivity contribution is 0.0524. The molecule has 0 radical (unpaired) electrons. The minimum atomic E-state index is -0.510. The lowest BCUT2D eigenvalue weighted by Gasteiger charge is -2.28. The number of rotatable bonds is 2. The average molecular weight is 337 g/mol. The zero-order chi connectivity index (χ0) is 14.7. The van der Waals surface area contributed by atoms with Crippen molar-refractivity contribution in [1.82, 2.24) is 0 Å². The van der Waals surface area contributed by atoms with Crippen LogP contribution in [0.15, 0.2) is 12.1 Å². The van der Waals surface area contributed by atoms with Gasteiger partial charge in [-0.3, -0.25) is 5.32 Å². The zero-order valence-electron chi connectivity index (χ0n) is 11.1. The molecule has 0 spiro atoms. The van der Waals surface area contributed by atoms with Crippen molar-refractivity contribution >= 4 is 46.6 Å². The first-order valence-corrected chi connectivity index (χ1v) is 7.73. The topological polar surface area (TPSA) is 38.3 Å². The fourth-order valence-corrected chi connectivity index (χ4v) is 2.95. The molecule has 1 aliphatic rings. The molecule has 6 heteroatoms. The molecular weight excluding hydrogens is 321 g/mol. The number of halogens is 3. The van der Waals surface area contributed by atoms with E-state index in [9.17, 15) is 4.79 Å². The van der Waals surface area contributed by atoms with Crippen molar-refractivity contribution in [3.05, 3.63) is 27.2 Å². The summed E-state index contributed by atoms with van der Waals surface area (Å²) in [6.45, 7) is 2.10. The van der Waals surface area contributed by atoms with Gasteiger partial charge in [-0.05, 0) is 37.3 Å². The van der Waals surface area contributed by atoms with Gasteiger partial charge in [0, 0.05) is 0 Å². The van der Waals surface area contributed by atoms with Crippen molar-refractivity contribution in [3.8, 4) is 0 Å². The van der Waals surface area contributed by atoms with E-state index in [2.05, 4.69) is 12.2 Å². The first kappa shape index (κ1) is 15.7. The van der Waals surface area contributed by atoms with Gasteiger partial charge < -0.3 is 4.74 Å². The number of carbonyl (C=O) groups excluding carboxylic acids is 1. The van der Waals surface area contributed by atoms with Crippen LogP contribution in [0.3, 0.4) is 0 Å². The molecule has 1 aromatic rings. The van der Waals surface area contributed by atoms with Crippen LogP contribution in [0.25, 0.3) is 0 Å². The number of nitrogens with one attached hydrogen (secondary N) is 1. The molecule has 110 valence electrons. The van der Waals surface area contributed by atoms with Crippen LogP contribution in [0.2, 0.25) is 15.1 Å². The summed E-state index contributed by atoms with van der Waals surface area (Å²) in [6, 6.07) is 3.00. The maximum absolute atomic E-state index is 11.9. The summed E-state index contributed by atoms with van der Waals surface area (Å²) < 4.78 is 5.45. The van der Waals surface area contributed by atoms with E-state index in [1.165, 1.54) is 18.6 Å². The van der Waals surface area contributed by atoms with E-state index in [4.69, 9.17) is 39.5 Å². The number of hydrogen-bond acceptors (Lipinski definition) is 2. The number of carbonyl (C=O) groups is 1. The molecular formula is C14H16Cl3NO2. The molecule has 2 atom stereocenters. The Morgan fingerprint density at radius 2 is 1.80 bits per heavy atom. The number of ether oxygens (including phenoxy) is 1. The molecule has 0 heterocycles. The van der Waals surface area contributed by atoms with Gasteiger partial charge in [-0.1, -0.05) is 48.1 Å². The molecule has 1 aliphatic carbocycles. The monoisotopic (exact) mass is 335 g/mol. The second-order valence-electron chi connectivity index (χ2n) is 5.08. The average Bonchev–Trinajstić information content (AvgIpc) is 2.39. The summed E-state index contributed by atoms with van der Waals surface area (Å²) in [5.74, 6) is 0.388. The van der Waals surface area contributed by atoms with E-state index in [1.807, 2.05) is 0 Å². The second-order valence-corrected chi connectivity index (χ2v) is 6.30. The summed E-state index contributed by atoms with van der Waals surface area (Å²) >= 11 is 17.7. The van der Waals surface area contributed by atoms with Crippen molar-refractivity contribution in [2.24, 2.45) is 5.92 Å². The summed E-state index contributed by atoms with van der Waals surface area (Å²) in [5, 5.41) is 3.61. The molecule has 0 aliphatic heterocycles. The van der Waals surface area contributed by atoms with Crippen LogP contribution in [-0.4, -0.2) is 12.2 Å². The smallest absolute Gasteiger partial charge is 0.411 e. The standard InChI is InChI=1S/C14H16Cl3NO2/c1-8-4-2-3-5-13(8)20-14(19)18-12-7-10(16)9(15)6-11(12)17/h6-8,13H,2-5H2,1H3,(H,18,19)/t8-,13-/m1/s1. The number of benzene rings is 1. The Balaban J connectivity index is 1.99. The van der Waals surface area contributed by atoms with E-state index in [1.54, 1.807) is 0 Å². The first-order valence-electron chi connectivity index (χ1n) is 6.59. The van der Waals surface area contributed by atoms with E-state index in [0.29, 0.717) is 26.7 Å². The van der Waals surface area contributed by atoms with Gasteiger partial charge in [0.25, 0.3) is 0 Å². The van der Waals surface area contributed by atoms with Crippen LogP contribution >= 0.6 is 34.8 Å². The molecule has 0 unspecified atom stereocenters. The van der Waals surface area contributed by atoms with Gasteiger partial charge in [0.1, 0.15) is 6.10 Å². The van der Waals surface area contributed by atoms with Crippen LogP contribution in [0.1, 0.15) is 32.6 Å². The first-order chi connectivity index (χ1) is 9.47. The molecule has 0 aromatic heterocycles. The van der Waals surface area contributed by atoms with Crippen molar-refractivity contribution < 1.29 is 9.53 Å². The Morgan fingerprint density at radius 3 is 2.50 bits per heavy atom. The summed E-state index contributed by atoms with van der Waals surface area (Å²) in [7, 11) is 0. The van der Waals surface area contributed by atoms with Gasteiger partial charge in [0.2, 0.25) is 0 Å². The van der Waals surface area contributed by atoms with Crippen LogP contribution in [0.4, 0.5) is 10.5 Å². The lowest BCUT2D eigenvalue weighted by Crippen LogP contribution is -2.30. The zero-order valence-corrected chi connectivity index (χ0v) is 13.4. The molecule has 2 rings (SSSR count). The third kappa shape index (κ3) is 3.94. The molecule has 1 amide bonds. The summed E-state index contributed by atoms with van der Waals surface area (Å²) in [4.78, 5) is 11.9.